The average Bonchev–Trinajstić information content (AvgIpc) is 2.26. The van der Waals surface area contributed by atoms with Crippen LogP contribution >= 0.6 is 0 Å². The van der Waals surface area contributed by atoms with Gasteiger partial charge in [-0.25, -0.2) is 0 Å². The Morgan fingerprint density at radius 1 is 0.867 bits per heavy atom. The zero-order valence-electron chi connectivity index (χ0n) is 9.95. The highest BCUT2D eigenvalue weighted by molar-refractivity contribution is 6.18. The molecule has 0 atom stereocenters. The van der Waals surface area contributed by atoms with Crippen LogP contribution in [0.1, 0.15) is 52.4 Å². The Bertz CT molecular complexity index is 149. The molecule has 0 saturated carbocycles. The monoisotopic (exact) mass is 209 g/mol. The molecule has 0 aliphatic rings. The molecule has 15 heavy (non-hydrogen) atoms. The first-order valence-corrected chi connectivity index (χ1v) is 5.84. The molecule has 0 bridgehead atoms. The highest BCUT2D eigenvalue weighted by atomic mass is 16.6. The molecule has 0 aliphatic carbocycles. The van der Waals surface area contributed by atoms with Gasteiger partial charge in [-0.2, -0.15) is 0 Å². The van der Waals surface area contributed by atoms with Gasteiger partial charge in [0.25, 0.3) is 0 Å². The predicted octanol–water partition coefficient (Wildman–Crippen LogP) is 3.96. The van der Waals surface area contributed by atoms with Crippen LogP contribution in [0.2, 0.25) is 0 Å². The molecule has 0 rings (SSSR count). The molecule has 0 heterocycles. The van der Waals surface area contributed by atoms with Crippen LogP contribution in [-0.4, -0.2) is 7.69 Å². The summed E-state index contributed by atoms with van der Waals surface area (Å²) < 4.78 is 10.0. The summed E-state index contributed by atoms with van der Waals surface area (Å²) in [6.07, 6.45) is 14.3. The summed E-state index contributed by atoms with van der Waals surface area (Å²) in [6, 6.07) is 0. The van der Waals surface area contributed by atoms with E-state index in [1.54, 1.807) is 12.5 Å². The van der Waals surface area contributed by atoms with E-state index in [2.05, 4.69) is 13.8 Å². The zero-order chi connectivity index (χ0) is 11.2. The van der Waals surface area contributed by atoms with Crippen LogP contribution in [0, 0.1) is 0 Å². The Labute approximate surface area is 94.7 Å². The van der Waals surface area contributed by atoms with Gasteiger partial charge in [-0.1, -0.05) is 38.8 Å². The van der Waals surface area contributed by atoms with Crippen molar-refractivity contribution < 1.29 is 9.31 Å². The molecule has 0 saturated heterocycles. The van der Waals surface area contributed by atoms with Gasteiger partial charge in [0.2, 0.25) is 0 Å². The first kappa shape index (κ1) is 14.1. The summed E-state index contributed by atoms with van der Waals surface area (Å²) in [6.45, 7) is 4.34. The van der Waals surface area contributed by atoms with Gasteiger partial charge in [-0.3, -0.25) is 0 Å². The fourth-order valence-corrected chi connectivity index (χ4v) is 0.987. The second kappa shape index (κ2) is 13.1. The van der Waals surface area contributed by atoms with Crippen molar-refractivity contribution in [3.8, 4) is 0 Å². The van der Waals surface area contributed by atoms with Crippen LogP contribution in [0.4, 0.5) is 0 Å². The number of unbranched alkanes of at least 4 members (excludes halogenated alkanes) is 4. The molecule has 0 fully saturated rings. The maximum Gasteiger partial charge on any atom is 0.657 e. The Balaban J connectivity index is 3.10. The van der Waals surface area contributed by atoms with E-state index in [4.69, 9.17) is 9.31 Å². The van der Waals surface area contributed by atoms with E-state index >= 15 is 0 Å². The molecule has 0 unspecified atom stereocenters. The minimum Gasteiger partial charge on any atom is -0.533 e. The Morgan fingerprint density at radius 2 is 1.33 bits per heavy atom. The highest BCUT2D eigenvalue weighted by Crippen LogP contribution is 1.96. The molecule has 0 spiro atoms. The third kappa shape index (κ3) is 13.1. The fraction of sp³-hybridized carbons (Fsp3) is 0.667. The van der Waals surface area contributed by atoms with Gasteiger partial charge in [0.15, 0.2) is 0 Å². The lowest BCUT2D eigenvalue weighted by molar-refractivity contribution is 0.374. The number of hydrogen-bond acceptors (Lipinski definition) is 2. The molecule has 0 aliphatic heterocycles. The van der Waals surface area contributed by atoms with Gasteiger partial charge < -0.3 is 9.31 Å². The minimum absolute atomic E-state index is 1.07. The van der Waals surface area contributed by atoms with Crippen LogP contribution in [0.25, 0.3) is 0 Å². The predicted molar refractivity (Wildman–Crippen MR) is 65.3 cm³/mol. The van der Waals surface area contributed by atoms with Crippen molar-refractivity contribution in [2.24, 2.45) is 0 Å². The second-order valence-corrected chi connectivity index (χ2v) is 3.40. The van der Waals surface area contributed by atoms with Crippen molar-refractivity contribution in [3.05, 3.63) is 24.7 Å². The Morgan fingerprint density at radius 3 is 1.73 bits per heavy atom. The maximum absolute atomic E-state index is 5.01. The van der Waals surface area contributed by atoms with E-state index < -0.39 is 0 Å². The smallest absolute Gasteiger partial charge is 0.533 e. The molecule has 3 heteroatoms. The first-order valence-electron chi connectivity index (χ1n) is 5.84. The topological polar surface area (TPSA) is 18.5 Å². The second-order valence-electron chi connectivity index (χ2n) is 3.40. The molecule has 0 N–H and O–H groups in total. The minimum atomic E-state index is 1.07. The third-order valence-electron chi connectivity index (χ3n) is 1.91. The van der Waals surface area contributed by atoms with Gasteiger partial charge >= 0.3 is 7.69 Å². The number of rotatable bonds is 10. The number of allylic oxidation sites excluding steroid dienone is 2. The van der Waals surface area contributed by atoms with Gasteiger partial charge in [0, 0.05) is 0 Å². The van der Waals surface area contributed by atoms with Crippen LogP contribution in [0.3, 0.4) is 0 Å². The quantitative estimate of drug-likeness (QED) is 0.308. The lowest BCUT2D eigenvalue weighted by Crippen LogP contribution is -1.93. The SMILES string of the molecule is CCCCC=CO[B]OC=CCCCC. The summed E-state index contributed by atoms with van der Waals surface area (Å²) in [5.41, 5.74) is 0. The average molecular weight is 209 g/mol. The molecule has 85 valence electrons. The summed E-state index contributed by atoms with van der Waals surface area (Å²) >= 11 is 0. The van der Waals surface area contributed by atoms with Gasteiger partial charge in [0.1, 0.15) is 0 Å². The van der Waals surface area contributed by atoms with E-state index in [1.807, 2.05) is 12.2 Å². The van der Waals surface area contributed by atoms with Crippen molar-refractivity contribution in [2.75, 3.05) is 0 Å². The van der Waals surface area contributed by atoms with E-state index in [0.717, 1.165) is 12.8 Å². The van der Waals surface area contributed by atoms with Crippen LogP contribution in [0.15, 0.2) is 24.7 Å². The summed E-state index contributed by atoms with van der Waals surface area (Å²) in [4.78, 5) is 0. The van der Waals surface area contributed by atoms with Crippen molar-refractivity contribution in [3.63, 3.8) is 0 Å². The fourth-order valence-electron chi connectivity index (χ4n) is 0.987. The molecular weight excluding hydrogens is 187 g/mol. The molecule has 0 aromatic rings. The maximum atomic E-state index is 5.01. The largest absolute Gasteiger partial charge is 0.657 e. The van der Waals surface area contributed by atoms with E-state index in [1.165, 1.54) is 33.4 Å². The Kier molecular flexibility index (Phi) is 12.4. The molecule has 0 amide bonds. The molecule has 1 radical (unpaired) electrons. The van der Waals surface area contributed by atoms with Crippen LogP contribution in [0.5, 0.6) is 0 Å². The standard InChI is InChI=1S/C12H22BO2/c1-3-5-7-9-11-14-13-15-12-10-8-6-4-2/h9-12H,3-8H2,1-2H3. The third-order valence-corrected chi connectivity index (χ3v) is 1.91. The molecule has 2 nitrogen and oxygen atoms in total. The van der Waals surface area contributed by atoms with Crippen LogP contribution in [-0.2, 0) is 9.31 Å². The zero-order valence-corrected chi connectivity index (χ0v) is 9.95. The van der Waals surface area contributed by atoms with E-state index in [0.29, 0.717) is 0 Å². The lowest BCUT2D eigenvalue weighted by atomic mass is 10.2. The van der Waals surface area contributed by atoms with Crippen molar-refractivity contribution >= 4 is 7.69 Å². The summed E-state index contributed by atoms with van der Waals surface area (Å²) in [5.74, 6) is 0. The number of hydrogen-bond donors (Lipinski definition) is 0. The molecular formula is C12H22BO2. The highest BCUT2D eigenvalue weighted by Gasteiger charge is 1.88. The van der Waals surface area contributed by atoms with Crippen molar-refractivity contribution in [2.45, 2.75) is 52.4 Å². The summed E-state index contributed by atoms with van der Waals surface area (Å²) in [7, 11) is 1.34. The van der Waals surface area contributed by atoms with Crippen molar-refractivity contribution in [1.82, 2.24) is 0 Å². The van der Waals surface area contributed by atoms with Gasteiger partial charge in [0.05, 0.1) is 12.5 Å². The first-order chi connectivity index (χ1) is 7.41. The van der Waals surface area contributed by atoms with Crippen molar-refractivity contribution in [1.29, 1.82) is 0 Å². The van der Waals surface area contributed by atoms with E-state index in [9.17, 15) is 0 Å². The summed E-state index contributed by atoms with van der Waals surface area (Å²) in [5, 5.41) is 0. The lowest BCUT2D eigenvalue weighted by Gasteiger charge is -1.96. The normalized spacial score (nSPS) is 11.1. The Hall–Kier alpha value is -0.855. The molecule has 0 aromatic heterocycles. The van der Waals surface area contributed by atoms with Gasteiger partial charge in [-0.15, -0.1) is 0 Å². The van der Waals surface area contributed by atoms with E-state index in [-0.39, 0.29) is 0 Å². The van der Waals surface area contributed by atoms with Gasteiger partial charge in [-0.05, 0) is 25.7 Å². The van der Waals surface area contributed by atoms with Crippen LogP contribution < -0.4 is 0 Å². The molecule has 0 aromatic carbocycles.